The maximum Gasteiger partial charge on any atom is 0.345 e. The van der Waals surface area contributed by atoms with Crippen LogP contribution in [0.1, 0.15) is 31.5 Å². The van der Waals surface area contributed by atoms with E-state index in [2.05, 4.69) is 10.4 Å². The van der Waals surface area contributed by atoms with Crippen molar-refractivity contribution in [3.8, 4) is 0 Å². The summed E-state index contributed by atoms with van der Waals surface area (Å²) in [4.78, 5) is 26.8. The molecule has 29 heavy (non-hydrogen) atoms. The summed E-state index contributed by atoms with van der Waals surface area (Å²) in [7, 11) is 1.60. The maximum absolute atomic E-state index is 12.6. The molecule has 158 valence electrons. The largest absolute Gasteiger partial charge is 0.383 e. The molecule has 2 amide bonds. The average molecular weight is 442 g/mol. The van der Waals surface area contributed by atoms with Gasteiger partial charge in [-0.05, 0) is 38.0 Å². The minimum atomic E-state index is -0.180. The van der Waals surface area contributed by atoms with Crippen molar-refractivity contribution in [3.05, 3.63) is 44.6 Å². The highest BCUT2D eigenvalue weighted by atomic mass is 35.5. The summed E-state index contributed by atoms with van der Waals surface area (Å²) in [6.07, 6.45) is 1.49. The average Bonchev–Trinajstić information content (AvgIpc) is 3.04. The van der Waals surface area contributed by atoms with E-state index in [1.54, 1.807) is 34.8 Å². The number of halogens is 2. The van der Waals surface area contributed by atoms with E-state index in [0.29, 0.717) is 48.5 Å². The summed E-state index contributed by atoms with van der Waals surface area (Å²) in [6.45, 7) is 4.54. The standard InChI is InChI=1S/C19H25Cl2N5O3/c1-3-25-17(23-26(19(25)28)10-11-29-2)13-6-8-24(9-7-13)18(27)22-14-4-5-15(20)16(21)12-14/h4-5,12-13H,3,6-11H2,1-2H3,(H,22,27). The predicted octanol–water partition coefficient (Wildman–Crippen LogP) is 3.43. The topological polar surface area (TPSA) is 81.4 Å². The Kier molecular flexibility index (Phi) is 7.21. The Labute approximate surface area is 179 Å². The van der Waals surface area contributed by atoms with E-state index in [1.807, 2.05) is 6.92 Å². The van der Waals surface area contributed by atoms with Gasteiger partial charge in [-0.2, -0.15) is 5.10 Å². The number of anilines is 1. The summed E-state index contributed by atoms with van der Waals surface area (Å²) in [6, 6.07) is 4.81. The number of nitrogens with zero attached hydrogens (tertiary/aromatic N) is 4. The molecule has 2 heterocycles. The summed E-state index contributed by atoms with van der Waals surface area (Å²) in [5.74, 6) is 0.929. The Bertz CT molecular complexity index is 919. The van der Waals surface area contributed by atoms with Crippen LogP contribution in [0.15, 0.2) is 23.0 Å². The highest BCUT2D eigenvalue weighted by Crippen LogP contribution is 2.28. The van der Waals surface area contributed by atoms with Crippen LogP contribution in [0, 0.1) is 0 Å². The van der Waals surface area contributed by atoms with Crippen LogP contribution >= 0.6 is 23.2 Å². The molecule has 2 aromatic rings. The van der Waals surface area contributed by atoms with Crippen molar-refractivity contribution in [3.63, 3.8) is 0 Å². The number of carbonyl (C=O) groups excluding carboxylic acids is 1. The Balaban J connectivity index is 1.63. The molecule has 1 aliphatic rings. The molecule has 1 saturated heterocycles. The molecule has 0 bridgehead atoms. The number of aromatic nitrogens is 3. The summed E-state index contributed by atoms with van der Waals surface area (Å²) in [5.41, 5.74) is 0.488. The van der Waals surface area contributed by atoms with Crippen LogP contribution in [0.2, 0.25) is 10.0 Å². The lowest BCUT2D eigenvalue weighted by molar-refractivity contribution is 0.181. The molecule has 0 saturated carbocycles. The number of nitrogens with one attached hydrogen (secondary N) is 1. The van der Waals surface area contributed by atoms with E-state index in [9.17, 15) is 9.59 Å². The lowest BCUT2D eigenvalue weighted by Crippen LogP contribution is -2.41. The monoisotopic (exact) mass is 441 g/mol. The van der Waals surface area contributed by atoms with E-state index in [0.717, 1.165) is 18.7 Å². The van der Waals surface area contributed by atoms with Gasteiger partial charge in [0.15, 0.2) is 0 Å². The number of amides is 2. The normalized spacial score (nSPS) is 15.0. The van der Waals surface area contributed by atoms with Gasteiger partial charge in [0.05, 0.1) is 23.2 Å². The van der Waals surface area contributed by atoms with Crippen LogP contribution in [0.3, 0.4) is 0 Å². The molecule has 1 aliphatic heterocycles. The number of hydrogen-bond acceptors (Lipinski definition) is 4. The van der Waals surface area contributed by atoms with Gasteiger partial charge in [-0.3, -0.25) is 4.57 Å². The SMILES string of the molecule is CCn1c(C2CCN(C(=O)Nc3ccc(Cl)c(Cl)c3)CC2)nn(CCOC)c1=O. The predicted molar refractivity (Wildman–Crippen MR) is 113 cm³/mol. The molecular weight excluding hydrogens is 417 g/mol. The van der Waals surface area contributed by atoms with Gasteiger partial charge in [-0.25, -0.2) is 14.3 Å². The first-order valence-electron chi connectivity index (χ1n) is 9.62. The Hall–Kier alpha value is -2.03. The number of urea groups is 1. The van der Waals surface area contributed by atoms with Gasteiger partial charge in [0.2, 0.25) is 0 Å². The lowest BCUT2D eigenvalue weighted by atomic mass is 9.96. The fourth-order valence-corrected chi connectivity index (χ4v) is 3.80. The second-order valence-corrected chi connectivity index (χ2v) is 7.74. The number of piperidine rings is 1. The molecule has 3 rings (SSSR count). The Morgan fingerprint density at radius 2 is 2.00 bits per heavy atom. The molecule has 0 aliphatic carbocycles. The van der Waals surface area contributed by atoms with Crippen LogP contribution in [-0.4, -0.2) is 52.1 Å². The van der Waals surface area contributed by atoms with E-state index >= 15 is 0 Å². The van der Waals surface area contributed by atoms with Gasteiger partial charge < -0.3 is 15.0 Å². The minimum absolute atomic E-state index is 0.112. The van der Waals surface area contributed by atoms with E-state index in [-0.39, 0.29) is 17.6 Å². The second kappa shape index (κ2) is 9.65. The number of hydrogen-bond donors (Lipinski definition) is 1. The van der Waals surface area contributed by atoms with Crippen molar-refractivity contribution >= 4 is 34.9 Å². The molecule has 8 nitrogen and oxygen atoms in total. The van der Waals surface area contributed by atoms with Crippen LogP contribution in [0.5, 0.6) is 0 Å². The van der Waals surface area contributed by atoms with Gasteiger partial charge in [0, 0.05) is 38.3 Å². The minimum Gasteiger partial charge on any atom is -0.383 e. The van der Waals surface area contributed by atoms with Crippen molar-refractivity contribution in [2.75, 3.05) is 32.1 Å². The quantitative estimate of drug-likeness (QED) is 0.744. The summed E-state index contributed by atoms with van der Waals surface area (Å²) < 4.78 is 8.23. The van der Waals surface area contributed by atoms with E-state index in [4.69, 9.17) is 27.9 Å². The van der Waals surface area contributed by atoms with Gasteiger partial charge in [0.1, 0.15) is 5.82 Å². The number of ether oxygens (including phenoxy) is 1. The van der Waals surface area contributed by atoms with E-state index in [1.165, 1.54) is 4.68 Å². The first kappa shape index (κ1) is 21.7. The van der Waals surface area contributed by atoms with Crippen LogP contribution in [-0.2, 0) is 17.8 Å². The van der Waals surface area contributed by atoms with Gasteiger partial charge in [-0.1, -0.05) is 23.2 Å². The van der Waals surface area contributed by atoms with Crippen LogP contribution < -0.4 is 11.0 Å². The highest BCUT2D eigenvalue weighted by Gasteiger charge is 2.28. The zero-order valence-corrected chi connectivity index (χ0v) is 18.0. The molecule has 1 aromatic heterocycles. The molecule has 1 aromatic carbocycles. The summed E-state index contributed by atoms with van der Waals surface area (Å²) >= 11 is 11.9. The van der Waals surface area contributed by atoms with E-state index < -0.39 is 0 Å². The number of methoxy groups -OCH3 is 1. The fourth-order valence-electron chi connectivity index (χ4n) is 3.50. The third-order valence-electron chi connectivity index (χ3n) is 5.09. The zero-order chi connectivity index (χ0) is 21.0. The Morgan fingerprint density at radius 3 is 2.62 bits per heavy atom. The molecule has 1 N–H and O–H groups in total. The highest BCUT2D eigenvalue weighted by molar-refractivity contribution is 6.42. The third-order valence-corrected chi connectivity index (χ3v) is 5.83. The number of carbonyl (C=O) groups is 1. The van der Waals surface area contributed by atoms with Crippen molar-refractivity contribution in [2.45, 2.75) is 38.8 Å². The maximum atomic E-state index is 12.6. The number of likely N-dealkylation sites (tertiary alicyclic amines) is 1. The molecule has 0 spiro atoms. The second-order valence-electron chi connectivity index (χ2n) is 6.92. The first-order valence-corrected chi connectivity index (χ1v) is 10.4. The smallest absolute Gasteiger partial charge is 0.345 e. The number of rotatable bonds is 6. The zero-order valence-electron chi connectivity index (χ0n) is 16.5. The third kappa shape index (κ3) is 4.94. The van der Waals surface area contributed by atoms with Gasteiger partial charge in [0.25, 0.3) is 0 Å². The van der Waals surface area contributed by atoms with Gasteiger partial charge >= 0.3 is 11.7 Å². The Morgan fingerprint density at radius 1 is 1.28 bits per heavy atom. The molecule has 10 heteroatoms. The first-order chi connectivity index (χ1) is 13.9. The van der Waals surface area contributed by atoms with Crippen molar-refractivity contribution in [1.29, 1.82) is 0 Å². The van der Waals surface area contributed by atoms with Gasteiger partial charge in [-0.15, -0.1) is 0 Å². The molecule has 0 atom stereocenters. The number of benzene rings is 1. The lowest BCUT2D eigenvalue weighted by Gasteiger charge is -2.31. The molecule has 1 fully saturated rings. The molecule has 0 radical (unpaired) electrons. The van der Waals surface area contributed by atoms with Crippen molar-refractivity contribution in [1.82, 2.24) is 19.2 Å². The van der Waals surface area contributed by atoms with Crippen molar-refractivity contribution in [2.24, 2.45) is 0 Å². The van der Waals surface area contributed by atoms with Crippen molar-refractivity contribution < 1.29 is 9.53 Å². The van der Waals surface area contributed by atoms with Crippen LogP contribution in [0.25, 0.3) is 0 Å². The summed E-state index contributed by atoms with van der Waals surface area (Å²) in [5, 5.41) is 8.22. The molecule has 0 unspecified atom stereocenters. The van der Waals surface area contributed by atoms with Crippen LogP contribution in [0.4, 0.5) is 10.5 Å². The fraction of sp³-hybridized carbons (Fsp3) is 0.526. The molecular formula is C19H25Cl2N5O3.